The maximum Gasteiger partial charge on any atom is 0.407 e. The zero-order chi connectivity index (χ0) is 20.3. The molecule has 2 atom stereocenters. The average molecular weight is 384 g/mol. The summed E-state index contributed by atoms with van der Waals surface area (Å²) in [4.78, 5) is 34.6. The van der Waals surface area contributed by atoms with Crippen LogP contribution in [0, 0.1) is 12.8 Å². The highest BCUT2D eigenvalue weighted by molar-refractivity contribution is 5.86. The highest BCUT2D eigenvalue weighted by Crippen LogP contribution is 2.32. The molecule has 0 aliphatic carbocycles. The van der Waals surface area contributed by atoms with Gasteiger partial charge in [0.2, 0.25) is 5.91 Å². The number of methoxy groups -OCH3 is 1. The first kappa shape index (κ1) is 19.9. The van der Waals surface area contributed by atoms with Crippen LogP contribution in [0.3, 0.4) is 0 Å². The molecule has 28 heavy (non-hydrogen) atoms. The lowest BCUT2D eigenvalue weighted by atomic mass is 10.0. The van der Waals surface area contributed by atoms with E-state index in [1.165, 1.54) is 12.7 Å². The Morgan fingerprint density at radius 1 is 1.29 bits per heavy atom. The quantitative estimate of drug-likeness (QED) is 0.827. The Labute approximate surface area is 165 Å². The van der Waals surface area contributed by atoms with Gasteiger partial charge < -0.3 is 19.9 Å². The summed E-state index contributed by atoms with van der Waals surface area (Å²) < 4.78 is 4.68. The summed E-state index contributed by atoms with van der Waals surface area (Å²) in [5, 5.41) is 2.67. The molecule has 7 nitrogen and oxygen atoms in total. The molecule has 3 rings (SSSR count). The van der Waals surface area contributed by atoms with E-state index >= 15 is 0 Å². The van der Waals surface area contributed by atoms with Crippen LogP contribution in [0.4, 0.5) is 4.79 Å². The predicted molar refractivity (Wildman–Crippen MR) is 107 cm³/mol. The van der Waals surface area contributed by atoms with Crippen LogP contribution in [0.15, 0.2) is 30.5 Å². The predicted octanol–water partition coefficient (Wildman–Crippen LogP) is 3.43. The normalized spacial score (nSPS) is 17.6. The molecule has 2 aromatic rings. The molecule has 1 aliphatic rings. The summed E-state index contributed by atoms with van der Waals surface area (Å²) >= 11 is 0. The molecular formula is C21H28N4O3. The van der Waals surface area contributed by atoms with Crippen LogP contribution in [0.25, 0.3) is 11.3 Å². The molecule has 0 bridgehead atoms. The fourth-order valence-electron chi connectivity index (χ4n) is 3.58. The number of carbonyl (C=O) groups is 2. The number of imidazole rings is 1. The van der Waals surface area contributed by atoms with Crippen molar-refractivity contribution in [3.05, 3.63) is 41.9 Å². The Morgan fingerprint density at radius 3 is 2.64 bits per heavy atom. The molecule has 0 spiro atoms. The number of hydrogen-bond donors (Lipinski definition) is 2. The van der Waals surface area contributed by atoms with E-state index in [1.54, 1.807) is 0 Å². The molecule has 1 saturated heterocycles. The zero-order valence-corrected chi connectivity index (χ0v) is 16.9. The first-order chi connectivity index (χ1) is 13.4. The van der Waals surface area contributed by atoms with Crippen LogP contribution in [0.5, 0.6) is 0 Å². The second-order valence-electron chi connectivity index (χ2n) is 7.60. The van der Waals surface area contributed by atoms with Gasteiger partial charge in [0.1, 0.15) is 11.9 Å². The number of aromatic amines is 1. The molecule has 1 aliphatic heterocycles. The second-order valence-corrected chi connectivity index (χ2v) is 7.60. The Morgan fingerprint density at radius 2 is 2.00 bits per heavy atom. The van der Waals surface area contributed by atoms with Crippen molar-refractivity contribution in [3.63, 3.8) is 0 Å². The lowest BCUT2D eigenvalue weighted by Crippen LogP contribution is -2.51. The Bertz CT molecular complexity index is 828. The van der Waals surface area contributed by atoms with Crippen molar-refractivity contribution in [1.29, 1.82) is 0 Å². The molecule has 1 aromatic carbocycles. The minimum Gasteiger partial charge on any atom is -0.453 e. The van der Waals surface area contributed by atoms with Gasteiger partial charge in [-0.25, -0.2) is 9.78 Å². The molecular weight excluding hydrogens is 356 g/mol. The summed E-state index contributed by atoms with van der Waals surface area (Å²) in [6.07, 6.45) is 2.96. The third kappa shape index (κ3) is 4.18. The summed E-state index contributed by atoms with van der Waals surface area (Å²) in [6.45, 7) is 6.52. The smallest absolute Gasteiger partial charge is 0.407 e. The number of benzene rings is 1. The maximum atomic E-state index is 13.2. The Hall–Kier alpha value is -2.83. The number of nitrogens with zero attached hydrogens (tertiary/aromatic N) is 2. The number of alkyl carbamates (subject to hydrolysis) is 1. The number of carbonyl (C=O) groups excluding carboxylic acids is 2. The van der Waals surface area contributed by atoms with Crippen LogP contribution in [-0.2, 0) is 9.53 Å². The average Bonchev–Trinajstić information content (AvgIpc) is 3.34. The van der Waals surface area contributed by atoms with Crippen LogP contribution >= 0.6 is 0 Å². The van der Waals surface area contributed by atoms with Crippen molar-refractivity contribution in [2.45, 2.75) is 45.7 Å². The van der Waals surface area contributed by atoms with Crippen LogP contribution in [0.1, 0.15) is 44.1 Å². The van der Waals surface area contributed by atoms with Gasteiger partial charge in [0.05, 0.1) is 25.0 Å². The van der Waals surface area contributed by atoms with E-state index in [4.69, 9.17) is 0 Å². The summed E-state index contributed by atoms with van der Waals surface area (Å²) in [6, 6.07) is 7.49. The van der Waals surface area contributed by atoms with Crippen molar-refractivity contribution < 1.29 is 14.3 Å². The van der Waals surface area contributed by atoms with Gasteiger partial charge in [0, 0.05) is 6.54 Å². The number of ether oxygens (including phenoxy) is 1. The highest BCUT2D eigenvalue weighted by Gasteiger charge is 2.37. The number of H-pyrrole nitrogens is 1. The van der Waals surface area contributed by atoms with Crippen LogP contribution in [0.2, 0.25) is 0 Å². The number of likely N-dealkylation sites (tertiary alicyclic amines) is 1. The number of nitrogens with one attached hydrogen (secondary N) is 2. The van der Waals surface area contributed by atoms with Gasteiger partial charge in [-0.3, -0.25) is 4.79 Å². The van der Waals surface area contributed by atoms with E-state index in [0.717, 1.165) is 29.9 Å². The molecule has 2 amide bonds. The standard InChI is InChI=1S/C21H28N4O3/c1-13(2)18(24-21(27)28-4)20(26)25-11-5-6-17(25)19-22-12-16(23-19)15-9-7-14(3)8-10-15/h7-10,12-13,17-18H,5-6,11H2,1-4H3,(H,22,23)(H,24,27)/t17-,18+/m0/s1. The fourth-order valence-corrected chi connectivity index (χ4v) is 3.58. The molecule has 2 heterocycles. The summed E-state index contributed by atoms with van der Waals surface area (Å²) in [7, 11) is 1.30. The number of aryl methyl sites for hydroxylation is 1. The van der Waals surface area contributed by atoms with E-state index in [2.05, 4.69) is 51.2 Å². The van der Waals surface area contributed by atoms with E-state index in [-0.39, 0.29) is 17.9 Å². The fraction of sp³-hybridized carbons (Fsp3) is 0.476. The molecule has 0 saturated carbocycles. The summed E-state index contributed by atoms with van der Waals surface area (Å²) in [5.74, 6) is 0.630. The topological polar surface area (TPSA) is 87.3 Å². The van der Waals surface area contributed by atoms with Gasteiger partial charge in [-0.05, 0) is 31.2 Å². The van der Waals surface area contributed by atoms with Crippen LogP contribution in [-0.4, -0.2) is 46.6 Å². The second kappa shape index (κ2) is 8.46. The van der Waals surface area contributed by atoms with Gasteiger partial charge >= 0.3 is 6.09 Å². The molecule has 150 valence electrons. The third-order valence-corrected chi connectivity index (χ3v) is 5.20. The molecule has 1 fully saturated rings. The van der Waals surface area contributed by atoms with E-state index in [0.29, 0.717) is 6.54 Å². The third-order valence-electron chi connectivity index (χ3n) is 5.20. The first-order valence-corrected chi connectivity index (χ1v) is 9.67. The first-order valence-electron chi connectivity index (χ1n) is 9.67. The lowest BCUT2D eigenvalue weighted by Gasteiger charge is -2.30. The molecule has 0 radical (unpaired) electrons. The van der Waals surface area contributed by atoms with Crippen molar-refractivity contribution in [3.8, 4) is 11.3 Å². The number of aromatic nitrogens is 2. The van der Waals surface area contributed by atoms with Gasteiger partial charge in [0.15, 0.2) is 0 Å². The molecule has 7 heteroatoms. The monoisotopic (exact) mass is 384 g/mol. The minimum atomic E-state index is -0.625. The van der Waals surface area contributed by atoms with Gasteiger partial charge in [-0.2, -0.15) is 0 Å². The number of amides is 2. The zero-order valence-electron chi connectivity index (χ0n) is 16.9. The van der Waals surface area contributed by atoms with Crippen molar-refractivity contribution in [2.24, 2.45) is 5.92 Å². The Balaban J connectivity index is 1.79. The summed E-state index contributed by atoms with van der Waals surface area (Å²) in [5.41, 5.74) is 3.20. The van der Waals surface area contributed by atoms with E-state index < -0.39 is 12.1 Å². The van der Waals surface area contributed by atoms with Crippen LogP contribution < -0.4 is 5.32 Å². The van der Waals surface area contributed by atoms with Gasteiger partial charge in [0.25, 0.3) is 0 Å². The van der Waals surface area contributed by atoms with Gasteiger partial charge in [-0.15, -0.1) is 0 Å². The molecule has 1 aromatic heterocycles. The Kier molecular flexibility index (Phi) is 6.02. The minimum absolute atomic E-state index is 0.0485. The largest absolute Gasteiger partial charge is 0.453 e. The van der Waals surface area contributed by atoms with Gasteiger partial charge in [-0.1, -0.05) is 43.7 Å². The van der Waals surface area contributed by atoms with Crippen molar-refractivity contribution in [2.75, 3.05) is 13.7 Å². The number of rotatable bonds is 5. The number of hydrogen-bond acceptors (Lipinski definition) is 4. The molecule has 0 unspecified atom stereocenters. The lowest BCUT2D eigenvalue weighted by molar-refractivity contribution is -0.135. The van der Waals surface area contributed by atoms with E-state index in [1.807, 2.05) is 24.9 Å². The van der Waals surface area contributed by atoms with Crippen molar-refractivity contribution >= 4 is 12.0 Å². The highest BCUT2D eigenvalue weighted by atomic mass is 16.5. The van der Waals surface area contributed by atoms with E-state index in [9.17, 15) is 9.59 Å². The molecule has 2 N–H and O–H groups in total. The SMILES string of the molecule is COC(=O)N[C@@H](C(=O)N1CCC[C@H]1c1ncc(-c2ccc(C)cc2)[nH]1)C(C)C. The van der Waals surface area contributed by atoms with Crippen molar-refractivity contribution in [1.82, 2.24) is 20.2 Å². The maximum absolute atomic E-state index is 13.2.